The van der Waals surface area contributed by atoms with E-state index in [9.17, 15) is 0 Å². The summed E-state index contributed by atoms with van der Waals surface area (Å²) >= 11 is 0. The van der Waals surface area contributed by atoms with E-state index in [4.69, 9.17) is 9.73 Å². The largest absolute Gasteiger partial charge is 0.496 e. The van der Waals surface area contributed by atoms with Gasteiger partial charge in [-0.1, -0.05) is 54.6 Å². The smallest absolute Gasteiger partial charge is 0.128 e. The van der Waals surface area contributed by atoms with Crippen LogP contribution in [0.15, 0.2) is 65.7 Å². The van der Waals surface area contributed by atoms with Gasteiger partial charge in [0.2, 0.25) is 0 Å². The van der Waals surface area contributed by atoms with E-state index in [2.05, 4.69) is 54.6 Å². The molecular weight excluding hydrogens is 270 g/mol. The normalized spacial score (nSPS) is 13.6. The average Bonchev–Trinajstić information content (AvgIpc) is 2.60. The summed E-state index contributed by atoms with van der Waals surface area (Å²) in [4.78, 5) is 4.84. The second kappa shape index (κ2) is 5.30. The Kier molecular flexibility index (Phi) is 3.15. The molecule has 0 aliphatic carbocycles. The quantitative estimate of drug-likeness (QED) is 0.690. The molecule has 1 heterocycles. The van der Waals surface area contributed by atoms with Crippen molar-refractivity contribution in [2.75, 3.05) is 13.7 Å². The van der Waals surface area contributed by atoms with Gasteiger partial charge in [0.25, 0.3) is 0 Å². The van der Waals surface area contributed by atoms with Crippen LogP contribution in [0.4, 0.5) is 0 Å². The first-order valence-electron chi connectivity index (χ1n) is 7.57. The lowest BCUT2D eigenvalue weighted by Crippen LogP contribution is -2.15. The Hall–Kier alpha value is -2.61. The second-order valence-electron chi connectivity index (χ2n) is 5.50. The summed E-state index contributed by atoms with van der Waals surface area (Å²) in [5, 5.41) is 2.40. The van der Waals surface area contributed by atoms with Crippen molar-refractivity contribution in [3.63, 3.8) is 0 Å². The van der Waals surface area contributed by atoms with E-state index in [0.717, 1.165) is 30.0 Å². The predicted molar refractivity (Wildman–Crippen MR) is 91.2 cm³/mol. The summed E-state index contributed by atoms with van der Waals surface area (Å²) in [5.74, 6) is 0.883. The lowest BCUT2D eigenvalue weighted by atomic mass is 9.90. The SMILES string of the molecule is COc1ccc2ccccc2c1C1=NCCc2ccccc21. The summed E-state index contributed by atoms with van der Waals surface area (Å²) in [6.45, 7) is 0.832. The Morgan fingerprint density at radius 2 is 1.73 bits per heavy atom. The molecule has 2 heteroatoms. The van der Waals surface area contributed by atoms with Crippen molar-refractivity contribution in [3.05, 3.63) is 77.4 Å². The highest BCUT2D eigenvalue weighted by Crippen LogP contribution is 2.32. The number of hydrogen-bond donors (Lipinski definition) is 0. The summed E-state index contributed by atoms with van der Waals surface area (Å²) in [7, 11) is 1.73. The number of rotatable bonds is 2. The van der Waals surface area contributed by atoms with Crippen LogP contribution in [-0.4, -0.2) is 19.4 Å². The first kappa shape index (κ1) is 13.1. The molecule has 0 fully saturated rings. The van der Waals surface area contributed by atoms with Gasteiger partial charge >= 0.3 is 0 Å². The Morgan fingerprint density at radius 1 is 0.909 bits per heavy atom. The Labute approximate surface area is 130 Å². The molecule has 0 bridgehead atoms. The van der Waals surface area contributed by atoms with Gasteiger partial charge in [-0.2, -0.15) is 0 Å². The van der Waals surface area contributed by atoms with Crippen LogP contribution < -0.4 is 4.74 Å². The lowest BCUT2D eigenvalue weighted by Gasteiger charge is -2.20. The van der Waals surface area contributed by atoms with Gasteiger partial charge in [-0.15, -0.1) is 0 Å². The summed E-state index contributed by atoms with van der Waals surface area (Å²) in [6.07, 6.45) is 1.01. The third-order valence-corrected chi connectivity index (χ3v) is 4.27. The number of benzene rings is 3. The number of hydrogen-bond acceptors (Lipinski definition) is 2. The molecule has 0 N–H and O–H groups in total. The standard InChI is InChI=1S/C20H17NO/c1-22-18-11-10-14-6-2-4-8-16(14)19(18)20-17-9-5-3-7-15(17)12-13-21-20/h2-11H,12-13H2,1H3. The zero-order valence-electron chi connectivity index (χ0n) is 12.5. The van der Waals surface area contributed by atoms with Gasteiger partial charge in [0.15, 0.2) is 0 Å². The summed E-state index contributed by atoms with van der Waals surface area (Å²) < 4.78 is 5.64. The number of fused-ring (bicyclic) bond motifs is 2. The first-order chi connectivity index (χ1) is 10.9. The van der Waals surface area contributed by atoms with Crippen molar-refractivity contribution in [2.45, 2.75) is 6.42 Å². The van der Waals surface area contributed by atoms with E-state index in [1.54, 1.807) is 7.11 Å². The number of nitrogens with zero attached hydrogens (tertiary/aromatic N) is 1. The van der Waals surface area contributed by atoms with Crippen LogP contribution >= 0.6 is 0 Å². The van der Waals surface area contributed by atoms with Gasteiger partial charge in [0, 0.05) is 12.1 Å². The van der Waals surface area contributed by atoms with Crippen molar-refractivity contribution >= 4 is 16.5 Å². The minimum atomic E-state index is 0.832. The van der Waals surface area contributed by atoms with Crippen LogP contribution in [0.5, 0.6) is 5.75 Å². The topological polar surface area (TPSA) is 21.6 Å². The molecule has 0 amide bonds. The van der Waals surface area contributed by atoms with Crippen LogP contribution in [0.3, 0.4) is 0 Å². The summed E-state index contributed by atoms with van der Waals surface area (Å²) in [6, 6.07) is 21.1. The molecule has 0 saturated carbocycles. The van der Waals surface area contributed by atoms with Gasteiger partial charge in [-0.05, 0) is 28.8 Å². The van der Waals surface area contributed by atoms with Gasteiger partial charge in [-0.3, -0.25) is 4.99 Å². The first-order valence-corrected chi connectivity index (χ1v) is 7.57. The van der Waals surface area contributed by atoms with E-state index in [1.807, 2.05) is 6.07 Å². The average molecular weight is 287 g/mol. The highest BCUT2D eigenvalue weighted by atomic mass is 16.5. The van der Waals surface area contributed by atoms with Crippen LogP contribution in [-0.2, 0) is 6.42 Å². The number of methoxy groups -OCH3 is 1. The molecule has 3 aromatic rings. The Balaban J connectivity index is 2.04. The molecule has 0 unspecified atom stereocenters. The van der Waals surface area contributed by atoms with Crippen molar-refractivity contribution in [3.8, 4) is 5.75 Å². The van der Waals surface area contributed by atoms with Crippen molar-refractivity contribution in [2.24, 2.45) is 4.99 Å². The van der Waals surface area contributed by atoms with Gasteiger partial charge in [-0.25, -0.2) is 0 Å². The van der Waals surface area contributed by atoms with E-state index >= 15 is 0 Å². The fourth-order valence-corrected chi connectivity index (χ4v) is 3.22. The highest BCUT2D eigenvalue weighted by Gasteiger charge is 2.20. The third-order valence-electron chi connectivity index (χ3n) is 4.27. The molecule has 1 aliphatic rings. The second-order valence-corrected chi connectivity index (χ2v) is 5.50. The van der Waals surface area contributed by atoms with Crippen molar-refractivity contribution < 1.29 is 4.74 Å². The lowest BCUT2D eigenvalue weighted by molar-refractivity contribution is 0.414. The van der Waals surface area contributed by atoms with E-state index < -0.39 is 0 Å². The van der Waals surface area contributed by atoms with Crippen LogP contribution in [0.1, 0.15) is 16.7 Å². The molecule has 4 rings (SSSR count). The maximum atomic E-state index is 5.64. The van der Waals surface area contributed by atoms with Gasteiger partial charge < -0.3 is 4.74 Å². The molecule has 0 saturated heterocycles. The zero-order valence-corrected chi connectivity index (χ0v) is 12.5. The van der Waals surface area contributed by atoms with E-state index in [-0.39, 0.29) is 0 Å². The zero-order chi connectivity index (χ0) is 14.9. The molecule has 22 heavy (non-hydrogen) atoms. The van der Waals surface area contributed by atoms with Crippen LogP contribution in [0, 0.1) is 0 Å². The molecule has 0 radical (unpaired) electrons. The van der Waals surface area contributed by atoms with Crippen LogP contribution in [0.2, 0.25) is 0 Å². The van der Waals surface area contributed by atoms with Gasteiger partial charge in [0.05, 0.1) is 18.4 Å². The van der Waals surface area contributed by atoms with Crippen molar-refractivity contribution in [1.82, 2.24) is 0 Å². The highest BCUT2D eigenvalue weighted by molar-refractivity contribution is 6.22. The minimum absolute atomic E-state index is 0.832. The molecule has 0 aromatic heterocycles. The minimum Gasteiger partial charge on any atom is -0.496 e. The maximum Gasteiger partial charge on any atom is 0.128 e. The van der Waals surface area contributed by atoms with Crippen molar-refractivity contribution in [1.29, 1.82) is 0 Å². The van der Waals surface area contributed by atoms with E-state index in [1.165, 1.54) is 21.9 Å². The fraction of sp³-hybridized carbons (Fsp3) is 0.150. The molecule has 3 aromatic carbocycles. The molecular formula is C20H17NO. The van der Waals surface area contributed by atoms with Gasteiger partial charge in [0.1, 0.15) is 5.75 Å². The predicted octanol–water partition coefficient (Wildman–Crippen LogP) is 4.24. The van der Waals surface area contributed by atoms with Crippen LogP contribution in [0.25, 0.3) is 10.8 Å². The molecule has 2 nitrogen and oxygen atoms in total. The molecule has 108 valence electrons. The number of ether oxygens (including phenoxy) is 1. The Morgan fingerprint density at radius 3 is 2.64 bits per heavy atom. The molecule has 0 spiro atoms. The third kappa shape index (κ3) is 2.00. The van der Waals surface area contributed by atoms with E-state index in [0.29, 0.717) is 0 Å². The fourth-order valence-electron chi connectivity index (χ4n) is 3.22. The molecule has 1 aliphatic heterocycles. The number of aliphatic imine (C=N–C) groups is 1. The maximum absolute atomic E-state index is 5.64. The molecule has 0 atom stereocenters. The summed E-state index contributed by atoms with van der Waals surface area (Å²) in [5.41, 5.74) is 4.74. The Bertz CT molecular complexity index is 880. The monoisotopic (exact) mass is 287 g/mol.